The molecule has 0 unspecified atom stereocenters. The monoisotopic (exact) mass is 680 g/mol. The number of aromatic nitrogens is 1. The predicted molar refractivity (Wildman–Crippen MR) is 218 cm³/mol. The fourth-order valence-electron chi connectivity index (χ4n) is 8.85. The summed E-state index contributed by atoms with van der Waals surface area (Å²) in [6, 6.07) is 65.4. The van der Waals surface area contributed by atoms with Crippen LogP contribution in [0.25, 0.3) is 65.6 Å². The van der Waals surface area contributed by atoms with Crippen molar-refractivity contribution in [1.29, 1.82) is 0 Å². The lowest BCUT2D eigenvalue weighted by Crippen LogP contribution is -2.28. The minimum atomic E-state index is -0.501. The Kier molecular flexibility index (Phi) is 6.99. The number of benzene rings is 8. The van der Waals surface area contributed by atoms with Gasteiger partial charge in [-0.3, -0.25) is 10.1 Å². The molecule has 0 spiro atoms. The van der Waals surface area contributed by atoms with E-state index in [0.717, 1.165) is 49.0 Å². The van der Waals surface area contributed by atoms with E-state index in [1.54, 1.807) is 12.1 Å². The van der Waals surface area contributed by atoms with Gasteiger partial charge in [-0.05, 0) is 66.6 Å². The molecule has 4 heteroatoms. The summed E-state index contributed by atoms with van der Waals surface area (Å²) >= 11 is 0. The maximum absolute atomic E-state index is 12.7. The van der Waals surface area contributed by atoms with Gasteiger partial charge in [-0.1, -0.05) is 176 Å². The normalized spacial score (nSPS) is 12.8. The van der Waals surface area contributed by atoms with Gasteiger partial charge in [0.2, 0.25) is 0 Å². The van der Waals surface area contributed by atoms with Gasteiger partial charge in [0.15, 0.2) is 0 Å². The van der Waals surface area contributed by atoms with Gasteiger partial charge in [0, 0.05) is 22.4 Å². The Hall–Kier alpha value is -7.04. The lowest BCUT2D eigenvalue weighted by atomic mass is 9.67. The second-order valence-electron chi connectivity index (χ2n) is 13.7. The molecule has 1 heterocycles. The van der Waals surface area contributed by atoms with E-state index >= 15 is 0 Å². The predicted octanol–water partition coefficient (Wildman–Crippen LogP) is 12.7. The van der Waals surface area contributed by atoms with Crippen LogP contribution >= 0.6 is 0 Å². The summed E-state index contributed by atoms with van der Waals surface area (Å²) < 4.78 is 0. The van der Waals surface area contributed by atoms with Crippen LogP contribution < -0.4 is 0 Å². The Bertz CT molecular complexity index is 2940. The van der Waals surface area contributed by atoms with Gasteiger partial charge in [0.05, 0.1) is 15.9 Å². The molecule has 0 aliphatic heterocycles. The minimum Gasteiger partial charge on any atom is -0.348 e. The van der Waals surface area contributed by atoms with Crippen molar-refractivity contribution in [1.82, 2.24) is 4.98 Å². The van der Waals surface area contributed by atoms with E-state index in [0.29, 0.717) is 5.52 Å². The molecule has 1 aromatic heterocycles. The molecule has 0 amide bonds. The number of aromatic amines is 1. The summed E-state index contributed by atoms with van der Waals surface area (Å²) in [5.41, 5.74) is 10.1. The van der Waals surface area contributed by atoms with E-state index in [9.17, 15) is 10.1 Å². The maximum atomic E-state index is 12.7. The van der Waals surface area contributed by atoms with Gasteiger partial charge in [0.25, 0.3) is 5.69 Å². The summed E-state index contributed by atoms with van der Waals surface area (Å²) in [6.07, 6.45) is 0. The number of nitrogens with zero attached hydrogens (tertiary/aromatic N) is 1. The Labute approximate surface area is 306 Å². The Morgan fingerprint density at radius 3 is 1.51 bits per heavy atom. The quantitative estimate of drug-likeness (QED) is 0.149. The number of nitro groups is 1. The second kappa shape index (κ2) is 12.0. The lowest BCUT2D eigenvalue weighted by molar-refractivity contribution is -0.383. The van der Waals surface area contributed by atoms with Crippen LogP contribution in [0.2, 0.25) is 0 Å². The molecule has 9 aromatic rings. The molecule has 1 aliphatic carbocycles. The number of nitrogens with one attached hydrogen (secondary N) is 1. The zero-order valence-corrected chi connectivity index (χ0v) is 28.7. The molecule has 250 valence electrons. The summed E-state index contributed by atoms with van der Waals surface area (Å²) in [7, 11) is 0. The van der Waals surface area contributed by atoms with Crippen LogP contribution in [0.3, 0.4) is 0 Å². The number of fused-ring (bicyclic) bond motifs is 10. The number of hydrogen-bond donors (Lipinski definition) is 1. The molecular formula is C49H32N2O2. The molecule has 0 atom stereocenters. The standard InChI is InChI=1S/C49H32N2O2/c52-51(53)46-28-14-26-42-39-22-10-8-20-37(39)36-19-7-9-21-38(36)41-25-13-24-35(47(41)50-48(42)46)32-29-30-45-43(31-32)40-23-11-12-27-44(40)49(45,33-15-3-1-4-16-33)34-17-5-2-6-18-34/h1-31,50H. The number of nitro benzene ring substituents is 1. The highest BCUT2D eigenvalue weighted by molar-refractivity contribution is 6.21. The molecule has 0 radical (unpaired) electrons. The van der Waals surface area contributed by atoms with Gasteiger partial charge in [0.1, 0.15) is 5.52 Å². The fourth-order valence-corrected chi connectivity index (χ4v) is 8.85. The Balaban J connectivity index is 1.35. The SMILES string of the molecule is O=[N+]([O-])c1cccc2c1[nH]c1c(-c3ccc4c(c3)-c3ccccc3C4(c3ccccc3)c3ccccc3)cccc1c1ccccc1c1ccccc21. The molecule has 1 N–H and O–H groups in total. The highest BCUT2D eigenvalue weighted by atomic mass is 16.6. The third-order valence-electron chi connectivity index (χ3n) is 11.0. The van der Waals surface area contributed by atoms with Crippen LogP contribution in [0.15, 0.2) is 188 Å². The first-order valence-corrected chi connectivity index (χ1v) is 17.9. The van der Waals surface area contributed by atoms with Crippen molar-refractivity contribution in [3.05, 3.63) is 220 Å². The number of non-ortho nitro benzene ring substituents is 1. The van der Waals surface area contributed by atoms with Crippen molar-refractivity contribution < 1.29 is 4.92 Å². The number of H-pyrrole nitrogens is 1. The number of hydrogen-bond acceptors (Lipinski definition) is 2. The highest BCUT2D eigenvalue weighted by Gasteiger charge is 2.46. The van der Waals surface area contributed by atoms with Crippen molar-refractivity contribution in [3.8, 4) is 22.3 Å². The molecular weight excluding hydrogens is 649 g/mol. The average molecular weight is 681 g/mol. The summed E-state index contributed by atoms with van der Waals surface area (Å²) in [6.45, 7) is 0. The van der Waals surface area contributed by atoms with E-state index in [2.05, 4.69) is 163 Å². The van der Waals surface area contributed by atoms with E-state index in [1.807, 2.05) is 18.2 Å². The van der Waals surface area contributed by atoms with Crippen molar-refractivity contribution in [2.45, 2.75) is 5.41 Å². The van der Waals surface area contributed by atoms with Gasteiger partial charge in [-0.25, -0.2) is 0 Å². The van der Waals surface area contributed by atoms with Crippen LogP contribution in [0, 0.1) is 10.1 Å². The first-order valence-electron chi connectivity index (χ1n) is 17.9. The molecule has 8 aromatic carbocycles. The van der Waals surface area contributed by atoms with Crippen LogP contribution in [0.4, 0.5) is 5.69 Å². The third-order valence-corrected chi connectivity index (χ3v) is 11.0. The topological polar surface area (TPSA) is 58.9 Å². The average Bonchev–Trinajstić information content (AvgIpc) is 3.54. The van der Waals surface area contributed by atoms with Crippen LogP contribution in [0.5, 0.6) is 0 Å². The molecule has 1 aliphatic rings. The molecule has 53 heavy (non-hydrogen) atoms. The van der Waals surface area contributed by atoms with E-state index in [1.165, 1.54) is 33.4 Å². The van der Waals surface area contributed by atoms with Crippen LogP contribution in [-0.4, -0.2) is 9.91 Å². The molecule has 0 fully saturated rings. The van der Waals surface area contributed by atoms with Gasteiger partial charge < -0.3 is 4.98 Å². The van der Waals surface area contributed by atoms with Crippen LogP contribution in [-0.2, 0) is 5.41 Å². The van der Waals surface area contributed by atoms with Gasteiger partial charge >= 0.3 is 0 Å². The van der Waals surface area contributed by atoms with E-state index in [-0.39, 0.29) is 10.6 Å². The first-order chi connectivity index (χ1) is 26.1. The summed E-state index contributed by atoms with van der Waals surface area (Å²) in [5, 5.41) is 18.5. The molecule has 4 nitrogen and oxygen atoms in total. The first kappa shape index (κ1) is 30.8. The molecule has 0 bridgehead atoms. The molecule has 0 saturated heterocycles. The smallest absolute Gasteiger partial charge is 0.293 e. The zero-order chi connectivity index (χ0) is 35.5. The summed E-state index contributed by atoms with van der Waals surface area (Å²) in [4.78, 5) is 16.1. The van der Waals surface area contributed by atoms with E-state index < -0.39 is 5.41 Å². The Morgan fingerprint density at radius 1 is 0.415 bits per heavy atom. The van der Waals surface area contributed by atoms with Crippen molar-refractivity contribution in [2.24, 2.45) is 0 Å². The van der Waals surface area contributed by atoms with E-state index in [4.69, 9.17) is 0 Å². The largest absolute Gasteiger partial charge is 0.348 e. The zero-order valence-electron chi connectivity index (χ0n) is 28.7. The van der Waals surface area contributed by atoms with Crippen LogP contribution in [0.1, 0.15) is 22.3 Å². The highest BCUT2D eigenvalue weighted by Crippen LogP contribution is 2.56. The van der Waals surface area contributed by atoms with Gasteiger partial charge in [-0.2, -0.15) is 0 Å². The minimum absolute atomic E-state index is 0.0300. The lowest BCUT2D eigenvalue weighted by Gasteiger charge is -2.33. The fraction of sp³-hybridized carbons (Fsp3) is 0.0204. The van der Waals surface area contributed by atoms with Gasteiger partial charge in [-0.15, -0.1) is 0 Å². The summed E-state index contributed by atoms with van der Waals surface area (Å²) in [5.74, 6) is 0. The Morgan fingerprint density at radius 2 is 0.887 bits per heavy atom. The third kappa shape index (κ3) is 4.56. The number of para-hydroxylation sites is 2. The molecule has 0 saturated carbocycles. The van der Waals surface area contributed by atoms with Crippen molar-refractivity contribution in [3.63, 3.8) is 0 Å². The van der Waals surface area contributed by atoms with Crippen molar-refractivity contribution in [2.75, 3.05) is 0 Å². The maximum Gasteiger partial charge on any atom is 0.293 e. The second-order valence-corrected chi connectivity index (χ2v) is 13.7. The number of rotatable bonds is 4. The molecule has 10 rings (SSSR count). The van der Waals surface area contributed by atoms with Crippen molar-refractivity contribution >= 4 is 49.0 Å².